The van der Waals surface area contributed by atoms with E-state index in [-0.39, 0.29) is 11.3 Å². The molecule has 0 spiro atoms. The molecule has 0 aliphatic carbocycles. The fourth-order valence-corrected chi connectivity index (χ4v) is 2.81. The lowest BCUT2D eigenvalue weighted by molar-refractivity contribution is 0.0696. The first-order chi connectivity index (χ1) is 13.6. The van der Waals surface area contributed by atoms with Gasteiger partial charge >= 0.3 is 5.97 Å². The number of carbonyl (C=O) groups excluding carboxylic acids is 1. The van der Waals surface area contributed by atoms with E-state index in [1.165, 1.54) is 24.5 Å². The van der Waals surface area contributed by atoms with E-state index in [9.17, 15) is 14.7 Å². The number of rotatable bonds is 5. The Morgan fingerprint density at radius 2 is 1.93 bits per heavy atom. The zero-order valence-electron chi connectivity index (χ0n) is 14.5. The van der Waals surface area contributed by atoms with Crippen molar-refractivity contribution in [3.05, 3.63) is 83.4 Å². The average molecular weight is 373 g/mol. The van der Waals surface area contributed by atoms with Crippen LogP contribution in [-0.2, 0) is 0 Å². The number of H-pyrrole nitrogens is 1. The normalized spacial score (nSPS) is 11.1. The zero-order chi connectivity index (χ0) is 19.5. The predicted molar refractivity (Wildman–Crippen MR) is 105 cm³/mol. The number of nitrogens with one attached hydrogen (secondary N) is 2. The van der Waals surface area contributed by atoms with Crippen molar-refractivity contribution in [2.45, 2.75) is 0 Å². The van der Waals surface area contributed by atoms with Crippen LogP contribution in [0.1, 0.15) is 32.2 Å². The minimum Gasteiger partial charge on any atom is -0.478 e. The van der Waals surface area contributed by atoms with Crippen molar-refractivity contribution < 1.29 is 19.1 Å². The number of aromatic carboxylic acids is 1. The highest BCUT2D eigenvalue weighted by Gasteiger charge is 2.13. The number of aromatic nitrogens is 2. The molecule has 7 heteroatoms. The summed E-state index contributed by atoms with van der Waals surface area (Å²) in [6.45, 7) is 0. The van der Waals surface area contributed by atoms with Crippen LogP contribution in [-0.4, -0.2) is 27.2 Å². The number of hydrogen-bond acceptors (Lipinski definition) is 4. The number of hydrogen-bond donors (Lipinski definition) is 3. The highest BCUT2D eigenvalue weighted by molar-refractivity contribution is 6.04. The number of benzene rings is 2. The lowest BCUT2D eigenvalue weighted by Gasteiger charge is -2.09. The molecule has 0 fully saturated rings. The molecule has 2 aromatic carbocycles. The van der Waals surface area contributed by atoms with Crippen molar-refractivity contribution in [2.24, 2.45) is 0 Å². The summed E-state index contributed by atoms with van der Waals surface area (Å²) >= 11 is 0. The number of fused-ring (bicyclic) bond motifs is 1. The van der Waals surface area contributed by atoms with Gasteiger partial charge in [-0.05, 0) is 42.0 Å². The third-order valence-corrected chi connectivity index (χ3v) is 4.21. The van der Waals surface area contributed by atoms with Gasteiger partial charge in [0.1, 0.15) is 0 Å². The molecule has 4 rings (SSSR count). The molecule has 0 bridgehead atoms. The number of aromatic amines is 1. The molecule has 0 radical (unpaired) electrons. The summed E-state index contributed by atoms with van der Waals surface area (Å²) < 4.78 is 5.09. The Morgan fingerprint density at radius 3 is 2.71 bits per heavy atom. The summed E-state index contributed by atoms with van der Waals surface area (Å²) in [5.74, 6) is -1.41. The van der Waals surface area contributed by atoms with E-state index in [1.807, 2.05) is 24.3 Å². The topological polar surface area (TPSA) is 108 Å². The number of anilines is 1. The molecule has 3 N–H and O–H groups in total. The molecule has 0 saturated carbocycles. The molecule has 0 unspecified atom stereocenters. The highest BCUT2D eigenvalue weighted by atomic mass is 16.4. The number of carbonyl (C=O) groups is 2. The van der Waals surface area contributed by atoms with Crippen LogP contribution in [0.4, 0.5) is 5.69 Å². The number of nitrogens with zero attached hydrogens (tertiary/aromatic N) is 1. The van der Waals surface area contributed by atoms with Gasteiger partial charge in [0.2, 0.25) is 0 Å². The first kappa shape index (κ1) is 17.3. The van der Waals surface area contributed by atoms with Gasteiger partial charge in [-0.15, -0.1) is 0 Å². The summed E-state index contributed by atoms with van der Waals surface area (Å²) in [5.41, 5.74) is 2.71. The standard InChI is InChI=1S/C21H15N3O4/c25-20(19-6-3-11-28-19)22-18-12-14(21(26)27)8-7-13(18)9-10-17-15-4-1-2-5-16(15)23-24-17/h1-12H,(H,22,25)(H,23,24)(H,26,27). The summed E-state index contributed by atoms with van der Waals surface area (Å²) in [6, 6.07) is 15.4. The molecular weight excluding hydrogens is 358 g/mol. The van der Waals surface area contributed by atoms with Crippen LogP contribution in [0.25, 0.3) is 23.1 Å². The Morgan fingerprint density at radius 1 is 1.07 bits per heavy atom. The van der Waals surface area contributed by atoms with Crippen LogP contribution < -0.4 is 5.32 Å². The number of para-hydroxylation sites is 1. The van der Waals surface area contributed by atoms with Crippen LogP contribution in [0.5, 0.6) is 0 Å². The fraction of sp³-hybridized carbons (Fsp3) is 0. The second kappa shape index (κ2) is 7.24. The Balaban J connectivity index is 1.69. The van der Waals surface area contributed by atoms with E-state index < -0.39 is 11.9 Å². The van der Waals surface area contributed by atoms with E-state index in [0.29, 0.717) is 11.3 Å². The summed E-state index contributed by atoms with van der Waals surface area (Å²) in [4.78, 5) is 23.6. The quantitative estimate of drug-likeness (QED) is 0.484. The summed E-state index contributed by atoms with van der Waals surface area (Å²) in [6.07, 6.45) is 4.97. The molecule has 2 heterocycles. The molecule has 0 atom stereocenters. The lowest BCUT2D eigenvalue weighted by Crippen LogP contribution is -2.12. The van der Waals surface area contributed by atoms with Gasteiger partial charge in [0.05, 0.1) is 23.0 Å². The second-order valence-electron chi connectivity index (χ2n) is 6.03. The van der Waals surface area contributed by atoms with Gasteiger partial charge in [0, 0.05) is 11.1 Å². The molecule has 28 heavy (non-hydrogen) atoms. The minimum atomic E-state index is -1.08. The van der Waals surface area contributed by atoms with Crippen LogP contribution >= 0.6 is 0 Å². The van der Waals surface area contributed by atoms with Crippen LogP contribution in [0.3, 0.4) is 0 Å². The van der Waals surface area contributed by atoms with Crippen molar-refractivity contribution in [3.63, 3.8) is 0 Å². The largest absolute Gasteiger partial charge is 0.478 e. The lowest BCUT2D eigenvalue weighted by atomic mass is 10.1. The van der Waals surface area contributed by atoms with E-state index >= 15 is 0 Å². The fourth-order valence-electron chi connectivity index (χ4n) is 2.81. The monoisotopic (exact) mass is 373 g/mol. The number of carboxylic acids is 1. The van der Waals surface area contributed by atoms with Gasteiger partial charge in [0.15, 0.2) is 5.76 Å². The molecule has 7 nitrogen and oxygen atoms in total. The van der Waals surface area contributed by atoms with E-state index in [1.54, 1.807) is 24.3 Å². The van der Waals surface area contributed by atoms with Crippen LogP contribution in [0.2, 0.25) is 0 Å². The van der Waals surface area contributed by atoms with Gasteiger partial charge in [-0.1, -0.05) is 30.3 Å². The van der Waals surface area contributed by atoms with Gasteiger partial charge in [-0.2, -0.15) is 5.10 Å². The number of furan rings is 1. The third-order valence-electron chi connectivity index (χ3n) is 4.21. The highest BCUT2D eigenvalue weighted by Crippen LogP contribution is 2.23. The predicted octanol–water partition coefficient (Wildman–Crippen LogP) is 4.28. The van der Waals surface area contributed by atoms with Crippen molar-refractivity contribution in [3.8, 4) is 0 Å². The maximum Gasteiger partial charge on any atom is 0.335 e. The van der Waals surface area contributed by atoms with Crippen LogP contribution in [0, 0.1) is 0 Å². The maximum absolute atomic E-state index is 12.3. The number of amides is 1. The molecule has 0 aliphatic rings. The third kappa shape index (κ3) is 3.41. The average Bonchev–Trinajstić information content (AvgIpc) is 3.37. The Labute approximate surface area is 159 Å². The molecule has 4 aromatic rings. The summed E-state index contributed by atoms with van der Waals surface area (Å²) in [5, 5.41) is 20.1. The van der Waals surface area contributed by atoms with Gasteiger partial charge in [0.25, 0.3) is 5.91 Å². The van der Waals surface area contributed by atoms with Crippen molar-refractivity contribution >= 4 is 40.6 Å². The van der Waals surface area contributed by atoms with Gasteiger partial charge in [-0.25, -0.2) is 4.79 Å². The smallest absolute Gasteiger partial charge is 0.335 e. The molecule has 138 valence electrons. The second-order valence-corrected chi connectivity index (χ2v) is 6.03. The summed E-state index contributed by atoms with van der Waals surface area (Å²) in [7, 11) is 0. The molecular formula is C21H15N3O4. The Hall–Kier alpha value is -4.13. The molecule has 0 aliphatic heterocycles. The van der Waals surface area contributed by atoms with Gasteiger partial charge in [-0.3, -0.25) is 9.89 Å². The van der Waals surface area contributed by atoms with Crippen molar-refractivity contribution in [1.29, 1.82) is 0 Å². The van der Waals surface area contributed by atoms with Crippen molar-refractivity contribution in [1.82, 2.24) is 10.2 Å². The SMILES string of the molecule is O=C(O)c1ccc(C=Cc2n[nH]c3ccccc23)c(NC(=O)c2ccco2)c1. The van der Waals surface area contributed by atoms with Gasteiger partial charge < -0.3 is 14.8 Å². The maximum atomic E-state index is 12.3. The Bertz CT molecular complexity index is 1190. The van der Waals surface area contributed by atoms with E-state index in [4.69, 9.17) is 4.42 Å². The molecule has 2 aromatic heterocycles. The van der Waals surface area contributed by atoms with Crippen LogP contribution in [0.15, 0.2) is 65.3 Å². The first-order valence-corrected chi connectivity index (χ1v) is 8.45. The van der Waals surface area contributed by atoms with E-state index in [2.05, 4.69) is 15.5 Å². The Kier molecular flexibility index (Phi) is 4.47. The number of carboxylic acid groups (broad SMARTS) is 1. The first-order valence-electron chi connectivity index (χ1n) is 8.45. The van der Waals surface area contributed by atoms with E-state index in [0.717, 1.165) is 16.6 Å². The molecule has 0 saturated heterocycles. The minimum absolute atomic E-state index is 0.0668. The molecule has 1 amide bonds. The zero-order valence-corrected chi connectivity index (χ0v) is 14.5. The van der Waals surface area contributed by atoms with Crippen molar-refractivity contribution in [2.75, 3.05) is 5.32 Å².